The van der Waals surface area contributed by atoms with Crippen LogP contribution in [-0.4, -0.2) is 39.3 Å². The second-order valence-corrected chi connectivity index (χ2v) is 9.66. The second kappa shape index (κ2) is 11.6. The van der Waals surface area contributed by atoms with Gasteiger partial charge in [0, 0.05) is 36.6 Å². The molecule has 0 fully saturated rings. The number of halogens is 2. The molecule has 0 radical (unpaired) electrons. The number of thiazole rings is 1. The van der Waals surface area contributed by atoms with Gasteiger partial charge in [0.05, 0.1) is 35.5 Å². The van der Waals surface area contributed by atoms with Gasteiger partial charge >= 0.3 is 5.97 Å². The van der Waals surface area contributed by atoms with E-state index in [9.17, 15) is 14.3 Å². The van der Waals surface area contributed by atoms with Gasteiger partial charge in [-0.15, -0.1) is 0 Å². The van der Waals surface area contributed by atoms with Crippen molar-refractivity contribution in [2.45, 2.75) is 19.6 Å². The molecule has 0 aliphatic rings. The first-order valence-electron chi connectivity index (χ1n) is 12.1. The highest BCUT2D eigenvalue weighted by Crippen LogP contribution is 2.30. The summed E-state index contributed by atoms with van der Waals surface area (Å²) in [6, 6.07) is 13.7. The van der Waals surface area contributed by atoms with Crippen molar-refractivity contribution >= 4 is 34.0 Å². The van der Waals surface area contributed by atoms with Crippen LogP contribution in [0.3, 0.4) is 0 Å². The zero-order chi connectivity index (χ0) is 28.2. The van der Waals surface area contributed by atoms with Crippen LogP contribution < -0.4 is 4.74 Å². The monoisotopic (exact) mass is 560 g/mol. The Labute approximate surface area is 231 Å². The molecule has 8 nitrogen and oxygen atoms in total. The van der Waals surface area contributed by atoms with Gasteiger partial charge in [-0.1, -0.05) is 35.6 Å². The van der Waals surface area contributed by atoms with E-state index in [4.69, 9.17) is 16.0 Å². The Kier molecular flexibility index (Phi) is 7.82. The van der Waals surface area contributed by atoms with Crippen molar-refractivity contribution in [2.75, 3.05) is 13.7 Å². The number of fused-ring (bicyclic) bond motifs is 1. The van der Waals surface area contributed by atoms with Gasteiger partial charge in [0.1, 0.15) is 24.1 Å². The minimum Gasteiger partial charge on any atom is -0.478 e. The standard InChI is InChI=1S/C29H22F2N4O4S/c1-32-21-7-5-20(23(31)14-21)15-39-29-34-25(16-40-29)18-4-3-17(22(30)11-18)13-27-33-24-8-6-19(28(36)37)12-26(24)35(27)9-10-38-2/h3-8,11-12,14,16H,9-10,13,15H2,2H3,(H,36,37). The van der Waals surface area contributed by atoms with Crippen LogP contribution in [0.15, 0.2) is 60.0 Å². The largest absolute Gasteiger partial charge is 0.478 e. The molecule has 5 aromatic rings. The van der Waals surface area contributed by atoms with Crippen LogP contribution in [0.4, 0.5) is 14.5 Å². The van der Waals surface area contributed by atoms with Crippen molar-refractivity contribution in [3.8, 4) is 16.5 Å². The summed E-state index contributed by atoms with van der Waals surface area (Å²) in [7, 11) is 1.57. The number of aromatic nitrogens is 3. The number of nitrogens with zero attached hydrogens (tertiary/aromatic N) is 4. The Morgan fingerprint density at radius 3 is 2.60 bits per heavy atom. The Bertz CT molecular complexity index is 1760. The minimum absolute atomic E-state index is 0.0532. The molecule has 0 aliphatic carbocycles. The molecule has 1 N–H and O–H groups in total. The third-order valence-electron chi connectivity index (χ3n) is 6.29. The molecule has 0 atom stereocenters. The van der Waals surface area contributed by atoms with Gasteiger partial charge in [-0.2, -0.15) is 0 Å². The number of carbonyl (C=O) groups is 1. The van der Waals surface area contributed by atoms with Gasteiger partial charge in [-0.3, -0.25) is 0 Å². The number of hydrogen-bond acceptors (Lipinski definition) is 6. The highest BCUT2D eigenvalue weighted by atomic mass is 32.1. The van der Waals surface area contributed by atoms with Gasteiger partial charge in [-0.05, 0) is 35.9 Å². The van der Waals surface area contributed by atoms with Crippen LogP contribution in [0.25, 0.3) is 27.1 Å². The van der Waals surface area contributed by atoms with Gasteiger partial charge < -0.3 is 19.1 Å². The number of hydrogen-bond donors (Lipinski definition) is 1. The Morgan fingerprint density at radius 2 is 1.88 bits per heavy atom. The molecular formula is C29H22F2N4O4S. The fraction of sp³-hybridized carbons (Fsp3) is 0.172. The Hall–Kier alpha value is -4.66. The number of carboxylic acid groups (broad SMARTS) is 1. The van der Waals surface area contributed by atoms with E-state index in [-0.39, 0.29) is 24.3 Å². The van der Waals surface area contributed by atoms with Crippen molar-refractivity contribution in [1.29, 1.82) is 0 Å². The summed E-state index contributed by atoms with van der Waals surface area (Å²) < 4.78 is 42.1. The second-order valence-electron chi connectivity index (χ2n) is 8.84. The first-order chi connectivity index (χ1) is 19.4. The molecule has 40 heavy (non-hydrogen) atoms. The van der Waals surface area contributed by atoms with Crippen molar-refractivity contribution in [1.82, 2.24) is 14.5 Å². The zero-order valence-corrected chi connectivity index (χ0v) is 22.0. The number of benzene rings is 3. The number of imidazole rings is 1. The normalized spacial score (nSPS) is 11.1. The zero-order valence-electron chi connectivity index (χ0n) is 21.2. The predicted molar refractivity (Wildman–Crippen MR) is 146 cm³/mol. The van der Waals surface area contributed by atoms with Gasteiger partial charge in [0.2, 0.25) is 0 Å². The van der Waals surface area contributed by atoms with Crippen molar-refractivity contribution in [3.63, 3.8) is 0 Å². The number of carboxylic acids is 1. The molecule has 2 heterocycles. The first kappa shape index (κ1) is 26.9. The number of ether oxygens (including phenoxy) is 2. The van der Waals surface area contributed by atoms with E-state index in [0.29, 0.717) is 57.6 Å². The topological polar surface area (TPSA) is 90.8 Å². The van der Waals surface area contributed by atoms with Crippen LogP contribution in [-0.2, 0) is 24.3 Å². The van der Waals surface area contributed by atoms with E-state index >= 15 is 4.39 Å². The molecule has 0 saturated carbocycles. The SMILES string of the molecule is [C-]#[N+]c1ccc(COc2nc(-c3ccc(Cc4nc5ccc(C(=O)O)cc5n4CCOC)c(F)c3)cs2)c(F)c1. The third-order valence-corrected chi connectivity index (χ3v) is 7.04. The molecule has 5 rings (SSSR count). The van der Waals surface area contributed by atoms with Crippen LogP contribution in [0.2, 0.25) is 0 Å². The summed E-state index contributed by atoms with van der Waals surface area (Å²) in [5, 5.41) is 11.4. The summed E-state index contributed by atoms with van der Waals surface area (Å²) in [5.74, 6) is -1.42. The molecule has 2 aromatic heterocycles. The van der Waals surface area contributed by atoms with E-state index < -0.39 is 17.6 Å². The van der Waals surface area contributed by atoms with Crippen molar-refractivity contribution in [3.05, 3.63) is 106 Å². The average Bonchev–Trinajstić information content (AvgIpc) is 3.56. The first-order valence-corrected chi connectivity index (χ1v) is 13.0. The van der Waals surface area contributed by atoms with Crippen molar-refractivity contribution in [2.24, 2.45) is 0 Å². The maximum absolute atomic E-state index is 15.3. The van der Waals surface area contributed by atoms with Gasteiger partial charge in [-0.25, -0.2) is 28.4 Å². The molecule has 0 amide bonds. The molecule has 3 aromatic carbocycles. The lowest BCUT2D eigenvalue weighted by molar-refractivity contribution is 0.0697. The van der Waals surface area contributed by atoms with E-state index in [1.54, 1.807) is 36.8 Å². The van der Waals surface area contributed by atoms with E-state index in [1.807, 2.05) is 4.57 Å². The van der Waals surface area contributed by atoms with E-state index in [0.717, 1.165) is 6.07 Å². The Morgan fingerprint density at radius 1 is 1.07 bits per heavy atom. The van der Waals surface area contributed by atoms with Crippen LogP contribution in [0.5, 0.6) is 5.19 Å². The summed E-state index contributed by atoms with van der Waals surface area (Å²) in [6.07, 6.45) is 0.191. The molecule has 0 unspecified atom stereocenters. The van der Waals surface area contributed by atoms with Gasteiger partial charge in [0.15, 0.2) is 5.69 Å². The Balaban J connectivity index is 1.34. The van der Waals surface area contributed by atoms with Crippen LogP contribution >= 0.6 is 11.3 Å². The molecule has 0 aliphatic heterocycles. The molecule has 202 valence electrons. The molecule has 0 spiro atoms. The predicted octanol–water partition coefficient (Wildman–Crippen LogP) is 6.50. The fourth-order valence-electron chi connectivity index (χ4n) is 4.21. The summed E-state index contributed by atoms with van der Waals surface area (Å²) >= 11 is 1.21. The van der Waals surface area contributed by atoms with Crippen molar-refractivity contribution < 1.29 is 28.2 Å². The lowest BCUT2D eigenvalue weighted by atomic mass is 10.1. The maximum atomic E-state index is 15.3. The third kappa shape index (κ3) is 5.68. The minimum atomic E-state index is -1.04. The highest BCUT2D eigenvalue weighted by molar-refractivity contribution is 7.11. The summed E-state index contributed by atoms with van der Waals surface area (Å²) in [4.78, 5) is 23.7. The van der Waals surface area contributed by atoms with Crippen LogP contribution in [0.1, 0.15) is 27.3 Å². The number of aromatic carboxylic acids is 1. The van der Waals surface area contributed by atoms with Crippen LogP contribution in [0, 0.1) is 18.2 Å². The summed E-state index contributed by atoms with van der Waals surface area (Å²) in [6.45, 7) is 7.72. The quantitative estimate of drug-likeness (QED) is 0.196. The molecule has 0 saturated heterocycles. The number of rotatable bonds is 10. The smallest absolute Gasteiger partial charge is 0.335 e. The van der Waals surface area contributed by atoms with Gasteiger partial charge in [0.25, 0.3) is 5.19 Å². The molecule has 0 bridgehead atoms. The lowest BCUT2D eigenvalue weighted by Gasteiger charge is -2.10. The molecular weight excluding hydrogens is 538 g/mol. The average molecular weight is 561 g/mol. The fourth-order valence-corrected chi connectivity index (χ4v) is 4.89. The van der Waals surface area contributed by atoms with E-state index in [1.165, 1.54) is 35.6 Å². The summed E-state index contributed by atoms with van der Waals surface area (Å²) in [5.41, 5.74) is 3.40. The highest BCUT2D eigenvalue weighted by Gasteiger charge is 2.17. The molecule has 11 heteroatoms. The lowest BCUT2D eigenvalue weighted by Crippen LogP contribution is -2.10. The maximum Gasteiger partial charge on any atom is 0.335 e. The number of methoxy groups -OCH3 is 1. The van der Waals surface area contributed by atoms with E-state index in [2.05, 4.69) is 14.8 Å².